The number of hydrogen-bond donors (Lipinski definition) is 4. The summed E-state index contributed by atoms with van der Waals surface area (Å²) in [5, 5.41) is 18.4. The van der Waals surface area contributed by atoms with Crippen molar-refractivity contribution in [2.45, 2.75) is 323 Å². The van der Waals surface area contributed by atoms with Crippen LogP contribution in [0.1, 0.15) is 240 Å². The molecular formula is C96H131F6N12O18V3-3. The molecule has 6 fully saturated rings. The molecule has 3 saturated heterocycles. The van der Waals surface area contributed by atoms with E-state index in [9.17, 15) is 74.6 Å². The maximum absolute atomic E-state index is 14.1. The topological polar surface area (TPSA) is 371 Å². The second-order valence-electron chi connectivity index (χ2n) is 40.1. The second-order valence-corrected chi connectivity index (χ2v) is 40.1. The summed E-state index contributed by atoms with van der Waals surface area (Å²) in [5.41, 5.74) is 1.58. The number of aromatic hydroxyl groups is 1. The number of halogens is 6. The Balaban J connectivity index is 0.000000307. The molecule has 18 atom stereocenters. The number of aromatic nitrogens is 6. The first-order valence-electron chi connectivity index (χ1n) is 46.2. The molecule has 6 amide bonds. The summed E-state index contributed by atoms with van der Waals surface area (Å²) in [4.78, 5) is 151. The van der Waals surface area contributed by atoms with E-state index in [1.807, 2.05) is 102 Å². The number of nitrogens with one attached hydrogen (secondary N) is 3. The Labute approximate surface area is 824 Å². The fraction of sp³-hybridized carbons (Fsp3) is 0.656. The van der Waals surface area contributed by atoms with Gasteiger partial charge in [-0.2, -0.15) is 17.6 Å². The number of benzene rings is 3. The van der Waals surface area contributed by atoms with Crippen LogP contribution in [0.4, 0.5) is 40.7 Å². The Morgan fingerprint density at radius 3 is 1.18 bits per heavy atom. The molecule has 6 aliphatic heterocycles. The molecule has 6 bridgehead atoms. The molecule has 30 nitrogen and oxygen atoms in total. The Kier molecular flexibility index (Phi) is 38.3. The van der Waals surface area contributed by atoms with Gasteiger partial charge in [0.15, 0.2) is 0 Å². The molecule has 6 aromatic rings. The molecule has 0 unspecified atom stereocenters. The van der Waals surface area contributed by atoms with Crippen LogP contribution in [-0.4, -0.2) is 216 Å². The number of amides is 6. The molecule has 4 N–H and O–H groups in total. The Morgan fingerprint density at radius 2 is 0.793 bits per heavy atom. The van der Waals surface area contributed by atoms with Crippen LogP contribution in [0.25, 0.3) is 33.1 Å². The van der Waals surface area contributed by atoms with Gasteiger partial charge in [0.2, 0.25) is 42.3 Å². The zero-order valence-electron chi connectivity index (χ0n) is 79.0. The SMILES string of the molecule is C[C@@H]1[C@@H]2CN(C(=O)[C@H](C(C)(C)C)NC(=O)O[C@@H]3CCC[C@H]3CCCCCc3nc4ccc(OC(F)F)cc4nc3O2)[C@@H]1[C-]=O.C[C@@H]1[C@@H]2CN(C(=O)[C@H](C(C)(C)C)NC(=O)O[C@]3(C)CCC[C@H]3CCCCCc3nc4ccc(OC(F)F)cc4nc3O2)[C@@H]1[C-]=O.C[C@@H]1[C@@H]2CN(C(=O)[C@H](C(C)(C)C)NC(=O)O[C@]3(C)C[C@H]3CCCCCc3nc4ccc(O)cc4nc3O2)[C@@H]1[C-]=O.FCF.[HH].[HH].[HH].[V].[V].[V]. The third kappa shape index (κ3) is 27.2. The van der Waals surface area contributed by atoms with Crippen molar-refractivity contribution < 1.29 is 172 Å². The van der Waals surface area contributed by atoms with Crippen LogP contribution >= 0.6 is 0 Å². The molecule has 3 aromatic heterocycles. The minimum Gasteiger partial charge on any atom is -0.540 e. The van der Waals surface area contributed by atoms with E-state index in [1.54, 1.807) is 44.2 Å². The standard InChI is InChI=1S/C33H43F2N4O6.C32H41F2N4O6.C30H39N4O6.CH2F2.3V.3H2/c1-19-25(18-40)39-17-26(19)44-28-23(36-22-14-13-21(43-30(34)35)16-24(22)37-28)12-8-6-7-10-20-11-9-15-33(20,5)45-31(42)38-27(29(39)41)32(2,3)4;1-18-24(17-39)38-16-26(18)43-28-22(35-21-14-13-20(42-30(33)34)15-23(21)36-28)11-7-5-6-9-19-10-8-12-25(19)44-31(41)37-27(29(38)40)32(2,3)4;1-17-23(16-35)34-15-24(17)39-26-21(31-20-12-11-19(36)13-22(20)32-26)10-8-6-7-9-18-14-30(18,5)40-28(38)33-25(27(34)37)29(2,3)4;2-1-3;;;;;;/h13-14,16,19-20,25-27,30H,6-12,15,17H2,1-5H3,(H,38,42);13-15,18-19,24-27,30H,5-12,16H2,1-4H3,(H,37,41);11-13,17-18,23-25,36H,6-10,14-15H2,1-5H3,(H,33,38);1H2;;;;3*1H/q3*-1;;;;;;;/t19-,20+,25+,26-,27+,33+;18-,19+,24+,25+,26-,27+;17-,18+,23+,24-,25+,30+;;;;;;;/m000......./s1. The molecule has 135 heavy (non-hydrogen) atoms. The monoisotopic (exact) mass is 2010 g/mol. The number of phenols is 1. The first-order valence-corrected chi connectivity index (χ1v) is 46.2. The summed E-state index contributed by atoms with van der Waals surface area (Å²) in [7, 11) is 0. The summed E-state index contributed by atoms with van der Waals surface area (Å²) < 4.78 is 117. The third-order valence-electron chi connectivity index (χ3n) is 27.4. The average Bonchev–Trinajstić information content (AvgIpc) is 1.62. The minimum atomic E-state index is -2.99. The van der Waals surface area contributed by atoms with Crippen molar-refractivity contribution in [2.24, 2.45) is 51.8 Å². The van der Waals surface area contributed by atoms with Crippen LogP contribution in [-0.2, 0) is 118 Å². The van der Waals surface area contributed by atoms with E-state index in [0.29, 0.717) is 75.3 Å². The maximum atomic E-state index is 14.1. The summed E-state index contributed by atoms with van der Waals surface area (Å²) >= 11 is 0. The number of alkyl carbamates (subject to hydrolysis) is 3. The van der Waals surface area contributed by atoms with Gasteiger partial charge >= 0.3 is 31.5 Å². The van der Waals surface area contributed by atoms with Crippen LogP contribution < -0.4 is 39.6 Å². The summed E-state index contributed by atoms with van der Waals surface area (Å²) in [6, 6.07) is 8.10. The molecule has 15 rings (SSSR count). The fourth-order valence-electron chi connectivity index (χ4n) is 19.5. The Bertz CT molecular complexity index is 5140. The largest absolute Gasteiger partial charge is 0.540 e. The number of rotatable bonds is 7. The number of carbonyl (C=O) groups is 6. The smallest absolute Gasteiger partial charge is 0.408 e. The molecule has 39 heteroatoms. The number of phenolic OH excluding ortho intramolecular Hbond substituents is 1. The van der Waals surface area contributed by atoms with Crippen molar-refractivity contribution in [1.29, 1.82) is 0 Å². The van der Waals surface area contributed by atoms with Crippen molar-refractivity contribution in [3.05, 3.63) is 71.7 Å². The van der Waals surface area contributed by atoms with Crippen molar-refractivity contribution in [1.82, 2.24) is 60.6 Å². The van der Waals surface area contributed by atoms with Crippen molar-refractivity contribution in [2.75, 3.05) is 26.6 Å². The first kappa shape index (κ1) is 110. The number of alkyl halides is 6. The summed E-state index contributed by atoms with van der Waals surface area (Å²) in [6.07, 6.45) is 21.1. The quantitative estimate of drug-likeness (QED) is 0.0655. The summed E-state index contributed by atoms with van der Waals surface area (Å²) in [6.45, 7) is 18.5. The van der Waals surface area contributed by atoms with Crippen LogP contribution in [0.15, 0.2) is 54.6 Å². The number of nitrogens with zero attached hydrogens (tertiary/aromatic N) is 9. The van der Waals surface area contributed by atoms with Crippen LogP contribution in [0, 0.1) is 51.8 Å². The Morgan fingerprint density at radius 1 is 0.444 bits per heavy atom. The summed E-state index contributed by atoms with van der Waals surface area (Å²) in [5.74, 6) is -1.02. The van der Waals surface area contributed by atoms with Crippen LogP contribution in [0.2, 0.25) is 0 Å². The zero-order valence-corrected chi connectivity index (χ0v) is 83.2. The van der Waals surface area contributed by atoms with Crippen LogP contribution in [0.3, 0.4) is 0 Å². The number of fused-ring (bicyclic) bond motifs is 15. The zero-order chi connectivity index (χ0) is 95.6. The van der Waals surface area contributed by atoms with E-state index in [4.69, 9.17) is 48.4 Å². The molecule has 3 saturated carbocycles. The van der Waals surface area contributed by atoms with Gasteiger partial charge in [0, 0.05) is 84.1 Å². The van der Waals surface area contributed by atoms with E-state index in [-0.39, 0.29) is 144 Å². The molecule has 0 spiro atoms. The van der Waals surface area contributed by atoms with E-state index in [1.165, 1.54) is 39.0 Å². The number of aryl methyl sites for hydroxylation is 3. The molecule has 3 aliphatic carbocycles. The van der Waals surface area contributed by atoms with Gasteiger partial charge in [-0.1, -0.05) is 140 Å². The van der Waals surface area contributed by atoms with Crippen LogP contribution in [0.5, 0.6) is 34.9 Å². The van der Waals surface area contributed by atoms with E-state index in [0.717, 1.165) is 122 Å². The minimum absolute atomic E-state index is 0. The van der Waals surface area contributed by atoms with Gasteiger partial charge in [-0.05, 0) is 199 Å². The number of carbonyl (C=O) groups excluding carboxylic acids is 9. The molecule has 9 heterocycles. The van der Waals surface area contributed by atoms with Crippen molar-refractivity contribution in [3.63, 3.8) is 0 Å². The van der Waals surface area contributed by atoms with Gasteiger partial charge in [-0.25, -0.2) is 71.9 Å². The van der Waals surface area contributed by atoms with Crippen molar-refractivity contribution in [3.8, 4) is 34.9 Å². The fourth-order valence-corrected chi connectivity index (χ4v) is 19.5. The van der Waals surface area contributed by atoms with Gasteiger partial charge in [0.05, 0.1) is 52.7 Å². The number of ether oxygens (including phenoxy) is 8. The third-order valence-corrected chi connectivity index (χ3v) is 27.4. The van der Waals surface area contributed by atoms with E-state index in [2.05, 4.69) is 35.4 Å². The Hall–Kier alpha value is -8.96. The van der Waals surface area contributed by atoms with Gasteiger partial charge in [0.25, 0.3) is 0 Å². The van der Waals surface area contributed by atoms with E-state index >= 15 is 0 Å². The molecule has 9 aliphatic rings. The van der Waals surface area contributed by atoms with Gasteiger partial charge in [-0.3, -0.25) is 14.4 Å². The predicted octanol–water partition coefficient (Wildman–Crippen LogP) is 16.8. The molecule has 3 radical (unpaired) electrons. The first-order chi connectivity index (χ1) is 62.5. The molecular weight excluding hydrogens is 1880 g/mol. The molecule has 3 aromatic carbocycles. The second kappa shape index (κ2) is 47.1. The molecule has 743 valence electrons. The average molecular weight is 2010 g/mol. The van der Waals surface area contributed by atoms with E-state index < -0.39 is 144 Å². The predicted molar refractivity (Wildman–Crippen MR) is 480 cm³/mol. The maximum Gasteiger partial charge on any atom is 0.408 e. The van der Waals surface area contributed by atoms with Gasteiger partial charge in [0.1, 0.15) is 88.1 Å². The normalized spacial score (nSPS) is 28.9. The van der Waals surface area contributed by atoms with Gasteiger partial charge < -0.3 is 88.0 Å². The van der Waals surface area contributed by atoms with Crippen molar-refractivity contribution >= 4 is 88.0 Å². The van der Waals surface area contributed by atoms with Gasteiger partial charge in [-0.15, -0.1) is 0 Å². The number of hydrogen-bond acceptors (Lipinski definition) is 24.